The number of nitrogens with zero attached hydrogens (tertiary/aromatic N) is 2. The maximum absolute atomic E-state index is 12.6. The summed E-state index contributed by atoms with van der Waals surface area (Å²) < 4.78 is 11.3. The molecule has 3 aromatic rings. The molecule has 6 heteroatoms. The van der Waals surface area contributed by atoms with Crippen molar-refractivity contribution in [3.63, 3.8) is 0 Å². The number of nitrogens with one attached hydrogen (secondary N) is 1. The average Bonchev–Trinajstić information content (AvgIpc) is 3.54. The summed E-state index contributed by atoms with van der Waals surface area (Å²) in [5, 5.41) is 2.91. The highest BCUT2D eigenvalue weighted by Crippen LogP contribution is 2.26. The first-order valence-corrected chi connectivity index (χ1v) is 12.5. The standard InChI is InChI=1S/C29H37N3O3/c1-21(23-9-6-5-7-10-23)32(18-22-12-14-24(15-13-22)29(2,3)4)19-27-31-26(20-35-27)28(33)30-17-25-11-8-16-34-25/h5-7,9-10,12-15,20-21,25H,8,11,16-19H2,1-4H3,(H,30,33)/t21-,25-/m0/s1. The summed E-state index contributed by atoms with van der Waals surface area (Å²) in [6.07, 6.45) is 3.57. The van der Waals surface area contributed by atoms with Crippen LogP contribution in [0.5, 0.6) is 0 Å². The third-order valence-corrected chi connectivity index (χ3v) is 6.67. The Morgan fingerprint density at radius 1 is 1.11 bits per heavy atom. The van der Waals surface area contributed by atoms with Gasteiger partial charge in [-0.05, 0) is 41.9 Å². The Balaban J connectivity index is 1.47. The molecule has 0 saturated carbocycles. The van der Waals surface area contributed by atoms with Gasteiger partial charge in [0, 0.05) is 25.7 Å². The van der Waals surface area contributed by atoms with Crippen LogP contribution in [0, 0.1) is 0 Å². The van der Waals surface area contributed by atoms with Gasteiger partial charge in [-0.15, -0.1) is 0 Å². The van der Waals surface area contributed by atoms with Crippen LogP contribution in [0.4, 0.5) is 0 Å². The summed E-state index contributed by atoms with van der Waals surface area (Å²) in [5.74, 6) is 0.303. The van der Waals surface area contributed by atoms with Gasteiger partial charge < -0.3 is 14.5 Å². The van der Waals surface area contributed by atoms with Crippen molar-refractivity contribution < 1.29 is 13.9 Å². The molecule has 0 unspecified atom stereocenters. The summed E-state index contributed by atoms with van der Waals surface area (Å²) >= 11 is 0. The van der Waals surface area contributed by atoms with Crippen molar-refractivity contribution >= 4 is 5.91 Å². The van der Waals surface area contributed by atoms with Crippen LogP contribution in [0.25, 0.3) is 0 Å². The van der Waals surface area contributed by atoms with Crippen molar-refractivity contribution in [2.24, 2.45) is 0 Å². The minimum atomic E-state index is -0.226. The number of rotatable bonds is 9. The Morgan fingerprint density at radius 3 is 2.51 bits per heavy atom. The molecule has 1 N–H and O–H groups in total. The monoisotopic (exact) mass is 475 g/mol. The van der Waals surface area contributed by atoms with E-state index in [4.69, 9.17) is 9.15 Å². The molecule has 1 saturated heterocycles. The van der Waals surface area contributed by atoms with Crippen LogP contribution in [-0.4, -0.2) is 35.0 Å². The first-order chi connectivity index (χ1) is 16.8. The summed E-state index contributed by atoms with van der Waals surface area (Å²) in [7, 11) is 0. The van der Waals surface area contributed by atoms with Crippen LogP contribution in [-0.2, 0) is 23.2 Å². The van der Waals surface area contributed by atoms with Gasteiger partial charge in [-0.25, -0.2) is 4.98 Å². The molecule has 1 amide bonds. The zero-order valence-electron chi connectivity index (χ0n) is 21.3. The summed E-state index contributed by atoms with van der Waals surface area (Å²) in [6, 6.07) is 19.4. The topological polar surface area (TPSA) is 67.6 Å². The normalized spacial score (nSPS) is 17.0. The van der Waals surface area contributed by atoms with Gasteiger partial charge >= 0.3 is 0 Å². The van der Waals surface area contributed by atoms with Gasteiger partial charge in [0.25, 0.3) is 5.91 Å². The predicted molar refractivity (Wildman–Crippen MR) is 137 cm³/mol. The van der Waals surface area contributed by atoms with Crippen LogP contribution < -0.4 is 5.32 Å². The molecule has 1 aromatic heterocycles. The van der Waals surface area contributed by atoms with E-state index in [0.29, 0.717) is 24.7 Å². The van der Waals surface area contributed by atoms with Gasteiger partial charge in [-0.2, -0.15) is 0 Å². The first kappa shape index (κ1) is 25.1. The number of hydrogen-bond donors (Lipinski definition) is 1. The predicted octanol–water partition coefficient (Wildman–Crippen LogP) is 5.64. The maximum atomic E-state index is 12.6. The Bertz CT molecular complexity index is 1080. The smallest absolute Gasteiger partial charge is 0.273 e. The minimum absolute atomic E-state index is 0.0946. The molecule has 1 aliphatic rings. The number of carbonyl (C=O) groups excluding carboxylic acids is 1. The minimum Gasteiger partial charge on any atom is -0.447 e. The largest absolute Gasteiger partial charge is 0.447 e. The number of oxazole rings is 1. The SMILES string of the molecule is C[C@@H](c1ccccc1)N(Cc1ccc(C(C)(C)C)cc1)Cc1nc(C(=O)NC[C@@H]2CCCO2)co1. The van der Waals surface area contributed by atoms with E-state index in [1.54, 1.807) is 0 Å². The van der Waals surface area contributed by atoms with Crippen molar-refractivity contribution in [2.75, 3.05) is 13.2 Å². The van der Waals surface area contributed by atoms with Crippen LogP contribution in [0.1, 0.15) is 79.6 Å². The molecular formula is C29H37N3O3. The average molecular weight is 476 g/mol. The lowest BCUT2D eigenvalue weighted by Crippen LogP contribution is -2.32. The fraction of sp³-hybridized carbons (Fsp3) is 0.448. The molecule has 186 valence electrons. The maximum Gasteiger partial charge on any atom is 0.273 e. The van der Waals surface area contributed by atoms with Crippen molar-refractivity contribution in [1.29, 1.82) is 0 Å². The highest BCUT2D eigenvalue weighted by molar-refractivity contribution is 5.91. The molecule has 0 spiro atoms. The Kier molecular flexibility index (Phi) is 8.04. The van der Waals surface area contributed by atoms with Gasteiger partial charge in [0.05, 0.1) is 12.6 Å². The third-order valence-electron chi connectivity index (χ3n) is 6.67. The zero-order chi connectivity index (χ0) is 24.8. The number of hydrogen-bond acceptors (Lipinski definition) is 5. The van der Waals surface area contributed by atoms with Crippen LogP contribution in [0.2, 0.25) is 0 Å². The molecule has 1 fully saturated rings. The summed E-state index contributed by atoms with van der Waals surface area (Å²) in [4.78, 5) is 19.4. The van der Waals surface area contributed by atoms with Gasteiger partial charge in [0.1, 0.15) is 6.26 Å². The molecule has 4 rings (SSSR count). The molecule has 6 nitrogen and oxygen atoms in total. The Labute approximate surface area is 208 Å². The summed E-state index contributed by atoms with van der Waals surface area (Å²) in [5.41, 5.74) is 4.19. The van der Waals surface area contributed by atoms with E-state index in [2.05, 4.69) is 91.4 Å². The molecule has 2 heterocycles. The molecule has 0 aliphatic carbocycles. The lowest BCUT2D eigenvalue weighted by atomic mass is 9.86. The highest BCUT2D eigenvalue weighted by atomic mass is 16.5. The molecule has 35 heavy (non-hydrogen) atoms. The fourth-order valence-corrected chi connectivity index (χ4v) is 4.38. The zero-order valence-corrected chi connectivity index (χ0v) is 21.3. The second kappa shape index (κ2) is 11.2. The number of carbonyl (C=O) groups is 1. The summed E-state index contributed by atoms with van der Waals surface area (Å²) in [6.45, 7) is 11.4. The molecule has 0 bridgehead atoms. The number of amides is 1. The van der Waals surface area contributed by atoms with Crippen molar-refractivity contribution in [3.05, 3.63) is 89.1 Å². The highest BCUT2D eigenvalue weighted by Gasteiger charge is 2.22. The Hall–Kier alpha value is -2.96. The molecular weight excluding hydrogens is 438 g/mol. The lowest BCUT2D eigenvalue weighted by molar-refractivity contribution is 0.0853. The van der Waals surface area contributed by atoms with Crippen LogP contribution >= 0.6 is 0 Å². The van der Waals surface area contributed by atoms with E-state index in [1.807, 2.05) is 6.07 Å². The van der Waals surface area contributed by atoms with Crippen LogP contribution in [0.3, 0.4) is 0 Å². The van der Waals surface area contributed by atoms with Gasteiger partial charge in [-0.3, -0.25) is 9.69 Å². The van der Waals surface area contributed by atoms with E-state index >= 15 is 0 Å². The van der Waals surface area contributed by atoms with Gasteiger partial charge in [0.2, 0.25) is 5.89 Å². The van der Waals surface area contributed by atoms with E-state index in [1.165, 1.54) is 23.0 Å². The first-order valence-electron chi connectivity index (χ1n) is 12.5. The van der Waals surface area contributed by atoms with Crippen molar-refractivity contribution in [3.8, 4) is 0 Å². The van der Waals surface area contributed by atoms with E-state index < -0.39 is 0 Å². The molecule has 0 radical (unpaired) electrons. The van der Waals surface area contributed by atoms with Crippen molar-refractivity contribution in [1.82, 2.24) is 15.2 Å². The molecule has 1 aliphatic heterocycles. The quantitative estimate of drug-likeness (QED) is 0.433. The molecule has 2 atom stereocenters. The fourth-order valence-electron chi connectivity index (χ4n) is 4.38. The van der Waals surface area contributed by atoms with E-state index in [-0.39, 0.29) is 23.5 Å². The van der Waals surface area contributed by atoms with Gasteiger partial charge in [-0.1, -0.05) is 75.4 Å². The van der Waals surface area contributed by atoms with E-state index in [9.17, 15) is 4.79 Å². The lowest BCUT2D eigenvalue weighted by Gasteiger charge is -2.29. The third kappa shape index (κ3) is 6.80. The Morgan fingerprint density at radius 2 is 1.86 bits per heavy atom. The second-order valence-corrected chi connectivity index (χ2v) is 10.4. The van der Waals surface area contributed by atoms with Gasteiger partial charge in [0.15, 0.2) is 5.69 Å². The van der Waals surface area contributed by atoms with E-state index in [0.717, 1.165) is 26.0 Å². The van der Waals surface area contributed by atoms with Crippen molar-refractivity contribution in [2.45, 2.75) is 71.2 Å². The number of benzene rings is 2. The molecule has 2 aromatic carbocycles. The number of aromatic nitrogens is 1. The van der Waals surface area contributed by atoms with Crippen LogP contribution in [0.15, 0.2) is 65.3 Å². The number of ether oxygens (including phenoxy) is 1. The second-order valence-electron chi connectivity index (χ2n) is 10.4.